The van der Waals surface area contributed by atoms with E-state index in [0.29, 0.717) is 12.6 Å². The summed E-state index contributed by atoms with van der Waals surface area (Å²) in [7, 11) is 0. The normalized spacial score (nSPS) is 11.5. The fourth-order valence-electron chi connectivity index (χ4n) is 2.48. The van der Waals surface area contributed by atoms with Gasteiger partial charge in [-0.25, -0.2) is 4.39 Å². The standard InChI is InChI=1S/C18H25F4NO/c1-2-3-4-5-6-7-8-9-13-23-17(24)14-11-10-12-15(16(14)19)18(20,21)22/h10-12H,2-9,13H2,1H3,(H,23,24). The molecule has 136 valence electrons. The summed E-state index contributed by atoms with van der Waals surface area (Å²) >= 11 is 0. The maximum atomic E-state index is 13.8. The van der Waals surface area contributed by atoms with Gasteiger partial charge in [-0.1, -0.05) is 57.9 Å². The third-order valence-electron chi connectivity index (χ3n) is 3.86. The Bertz CT molecular complexity index is 514. The minimum atomic E-state index is -4.81. The Hall–Kier alpha value is -1.59. The number of carbonyl (C=O) groups excluding carboxylic acids is 1. The first-order valence-electron chi connectivity index (χ1n) is 8.51. The average molecular weight is 347 g/mol. The summed E-state index contributed by atoms with van der Waals surface area (Å²) in [5.74, 6) is -2.32. The van der Waals surface area contributed by atoms with Crippen molar-refractivity contribution in [3.63, 3.8) is 0 Å². The molecular formula is C18H25F4NO. The highest BCUT2D eigenvalue weighted by molar-refractivity contribution is 5.94. The van der Waals surface area contributed by atoms with Gasteiger partial charge in [0, 0.05) is 6.54 Å². The summed E-state index contributed by atoms with van der Waals surface area (Å²) in [6.07, 6.45) is 3.98. The molecule has 1 N–H and O–H groups in total. The van der Waals surface area contributed by atoms with Gasteiger partial charge in [0.1, 0.15) is 5.82 Å². The number of rotatable bonds is 10. The van der Waals surface area contributed by atoms with E-state index in [1.165, 1.54) is 25.7 Å². The molecule has 24 heavy (non-hydrogen) atoms. The lowest BCUT2D eigenvalue weighted by atomic mass is 10.1. The van der Waals surface area contributed by atoms with Crippen molar-refractivity contribution in [1.29, 1.82) is 0 Å². The van der Waals surface area contributed by atoms with E-state index in [1.54, 1.807) is 0 Å². The zero-order chi connectivity index (χ0) is 18.0. The highest BCUT2D eigenvalue weighted by atomic mass is 19.4. The molecule has 0 radical (unpaired) electrons. The number of amides is 1. The van der Waals surface area contributed by atoms with Crippen molar-refractivity contribution in [3.8, 4) is 0 Å². The van der Waals surface area contributed by atoms with Crippen molar-refractivity contribution >= 4 is 5.91 Å². The number of carbonyl (C=O) groups is 1. The average Bonchev–Trinajstić information content (AvgIpc) is 2.52. The van der Waals surface area contributed by atoms with Crippen LogP contribution >= 0.6 is 0 Å². The number of halogens is 4. The lowest BCUT2D eigenvalue weighted by Crippen LogP contribution is -2.26. The number of hydrogen-bond donors (Lipinski definition) is 1. The first-order chi connectivity index (χ1) is 11.4. The molecule has 0 aliphatic carbocycles. The summed E-state index contributed by atoms with van der Waals surface area (Å²) in [6.45, 7) is 2.50. The van der Waals surface area contributed by atoms with E-state index < -0.39 is 29.0 Å². The third-order valence-corrected chi connectivity index (χ3v) is 3.86. The van der Waals surface area contributed by atoms with Gasteiger partial charge in [0.25, 0.3) is 5.91 Å². The molecule has 0 saturated heterocycles. The predicted octanol–water partition coefficient (Wildman–Crippen LogP) is 5.72. The molecular weight excluding hydrogens is 322 g/mol. The van der Waals surface area contributed by atoms with Crippen molar-refractivity contribution < 1.29 is 22.4 Å². The summed E-state index contributed by atoms with van der Waals surface area (Å²) in [4.78, 5) is 11.8. The lowest BCUT2D eigenvalue weighted by Gasteiger charge is -2.11. The molecule has 2 nitrogen and oxygen atoms in total. The largest absolute Gasteiger partial charge is 0.419 e. The van der Waals surface area contributed by atoms with Crippen LogP contribution in [0.3, 0.4) is 0 Å². The summed E-state index contributed by atoms with van der Waals surface area (Å²) in [5, 5.41) is 2.48. The Balaban J connectivity index is 2.34. The summed E-state index contributed by atoms with van der Waals surface area (Å²) < 4.78 is 51.7. The molecule has 0 heterocycles. The van der Waals surface area contributed by atoms with E-state index in [2.05, 4.69) is 12.2 Å². The van der Waals surface area contributed by atoms with Gasteiger partial charge in [-0.05, 0) is 18.6 Å². The van der Waals surface area contributed by atoms with Crippen molar-refractivity contribution in [2.24, 2.45) is 0 Å². The van der Waals surface area contributed by atoms with Gasteiger partial charge in [-0.3, -0.25) is 4.79 Å². The van der Waals surface area contributed by atoms with Gasteiger partial charge in [-0.15, -0.1) is 0 Å². The molecule has 0 fully saturated rings. The summed E-state index contributed by atoms with van der Waals surface area (Å²) in [5.41, 5.74) is -1.98. The highest BCUT2D eigenvalue weighted by Gasteiger charge is 2.35. The molecule has 0 aliphatic heterocycles. The van der Waals surface area contributed by atoms with E-state index in [0.717, 1.165) is 37.8 Å². The number of benzene rings is 1. The topological polar surface area (TPSA) is 29.1 Å². The van der Waals surface area contributed by atoms with Gasteiger partial charge in [0.2, 0.25) is 0 Å². The Morgan fingerprint density at radius 2 is 1.58 bits per heavy atom. The molecule has 1 rings (SSSR count). The molecule has 6 heteroatoms. The van der Waals surface area contributed by atoms with Gasteiger partial charge >= 0.3 is 6.18 Å². The van der Waals surface area contributed by atoms with Gasteiger partial charge in [0.15, 0.2) is 0 Å². The first kappa shape index (κ1) is 20.5. The first-order valence-corrected chi connectivity index (χ1v) is 8.51. The molecule has 0 bridgehead atoms. The second kappa shape index (κ2) is 10.3. The van der Waals surface area contributed by atoms with E-state index in [4.69, 9.17) is 0 Å². The van der Waals surface area contributed by atoms with Gasteiger partial charge in [-0.2, -0.15) is 13.2 Å². The lowest BCUT2D eigenvalue weighted by molar-refractivity contribution is -0.140. The maximum absolute atomic E-state index is 13.8. The number of nitrogens with one attached hydrogen (secondary N) is 1. The van der Waals surface area contributed by atoms with Crippen LogP contribution in [-0.2, 0) is 6.18 Å². The van der Waals surface area contributed by atoms with Crippen LogP contribution in [0.1, 0.15) is 74.2 Å². The van der Waals surface area contributed by atoms with Gasteiger partial charge < -0.3 is 5.32 Å². The number of alkyl halides is 3. The second-order valence-electron chi connectivity index (χ2n) is 5.90. The molecule has 0 aromatic heterocycles. The van der Waals surface area contributed by atoms with Crippen LogP contribution in [0.4, 0.5) is 17.6 Å². The Labute approximate surface area is 140 Å². The van der Waals surface area contributed by atoms with Crippen LogP contribution in [0.25, 0.3) is 0 Å². The SMILES string of the molecule is CCCCCCCCCCNC(=O)c1cccc(C(F)(F)F)c1F. The Kier molecular flexibility index (Phi) is 8.79. The van der Waals surface area contributed by atoms with Crippen LogP contribution < -0.4 is 5.32 Å². The molecule has 0 unspecified atom stereocenters. The van der Waals surface area contributed by atoms with E-state index in [9.17, 15) is 22.4 Å². The van der Waals surface area contributed by atoms with Crippen molar-refractivity contribution in [2.45, 2.75) is 64.5 Å². The Morgan fingerprint density at radius 1 is 1.00 bits per heavy atom. The second-order valence-corrected chi connectivity index (χ2v) is 5.90. The number of hydrogen-bond acceptors (Lipinski definition) is 1. The zero-order valence-corrected chi connectivity index (χ0v) is 14.0. The smallest absolute Gasteiger partial charge is 0.352 e. The minimum Gasteiger partial charge on any atom is -0.352 e. The fourth-order valence-corrected chi connectivity index (χ4v) is 2.48. The third kappa shape index (κ3) is 6.89. The molecule has 0 atom stereocenters. The molecule has 1 aromatic carbocycles. The van der Waals surface area contributed by atoms with Crippen molar-refractivity contribution in [1.82, 2.24) is 5.32 Å². The highest BCUT2D eigenvalue weighted by Crippen LogP contribution is 2.32. The molecule has 1 aromatic rings. The fraction of sp³-hybridized carbons (Fsp3) is 0.611. The molecule has 0 aliphatic rings. The maximum Gasteiger partial charge on any atom is 0.419 e. The summed E-state index contributed by atoms with van der Waals surface area (Å²) in [6, 6.07) is 2.73. The molecule has 1 amide bonds. The van der Waals surface area contributed by atoms with Crippen molar-refractivity contribution in [3.05, 3.63) is 35.1 Å². The van der Waals surface area contributed by atoms with Gasteiger partial charge in [0.05, 0.1) is 11.1 Å². The Morgan fingerprint density at radius 3 is 2.17 bits per heavy atom. The van der Waals surface area contributed by atoms with Crippen molar-refractivity contribution in [2.75, 3.05) is 6.54 Å². The van der Waals surface area contributed by atoms with Crippen LogP contribution in [-0.4, -0.2) is 12.5 Å². The monoisotopic (exact) mass is 347 g/mol. The number of unbranched alkanes of at least 4 members (excludes halogenated alkanes) is 7. The molecule has 0 spiro atoms. The zero-order valence-electron chi connectivity index (χ0n) is 14.0. The predicted molar refractivity (Wildman–Crippen MR) is 86.3 cm³/mol. The quantitative estimate of drug-likeness (QED) is 0.426. The van der Waals surface area contributed by atoms with E-state index >= 15 is 0 Å². The van der Waals surface area contributed by atoms with Crippen LogP contribution in [0.15, 0.2) is 18.2 Å². The van der Waals surface area contributed by atoms with Crippen LogP contribution in [0.5, 0.6) is 0 Å². The molecule has 0 saturated carbocycles. The van der Waals surface area contributed by atoms with E-state index in [1.807, 2.05) is 0 Å². The van der Waals surface area contributed by atoms with E-state index in [-0.39, 0.29) is 0 Å². The minimum absolute atomic E-state index is 0.337. The van der Waals surface area contributed by atoms with Crippen LogP contribution in [0, 0.1) is 5.82 Å². The van der Waals surface area contributed by atoms with Crippen LogP contribution in [0.2, 0.25) is 0 Å².